The van der Waals surface area contributed by atoms with Crippen molar-refractivity contribution < 1.29 is 19.1 Å². The zero-order valence-electron chi connectivity index (χ0n) is 17.0. The largest absolute Gasteiger partial charge is 0.459 e. The average Bonchev–Trinajstić information content (AvgIpc) is 3.24. The Labute approximate surface area is 158 Å². The molecule has 4 heteroatoms. The average molecular weight is 365 g/mol. The van der Waals surface area contributed by atoms with Crippen LogP contribution < -0.4 is 0 Å². The van der Waals surface area contributed by atoms with Gasteiger partial charge in [0.1, 0.15) is 12.2 Å². The molecule has 4 nitrogen and oxygen atoms in total. The fraction of sp³-hybridized carbons (Fsp3) is 0.818. The molecule has 0 aliphatic heterocycles. The van der Waals surface area contributed by atoms with E-state index in [4.69, 9.17) is 9.47 Å². The molecule has 0 saturated heterocycles. The molecule has 2 atom stereocenters. The van der Waals surface area contributed by atoms with E-state index in [1.807, 2.05) is 0 Å². The zero-order chi connectivity index (χ0) is 19.2. The Kier molecular flexibility index (Phi) is 7.31. The van der Waals surface area contributed by atoms with E-state index < -0.39 is 11.9 Å². The molecule has 148 valence electrons. The van der Waals surface area contributed by atoms with Crippen LogP contribution in [0, 0.1) is 10.8 Å². The molecule has 2 aliphatic carbocycles. The first kappa shape index (κ1) is 21.0. The van der Waals surface area contributed by atoms with Crippen LogP contribution in [0.2, 0.25) is 0 Å². The van der Waals surface area contributed by atoms with Gasteiger partial charge in [0.15, 0.2) is 0 Å². The molecule has 0 amide bonds. The highest BCUT2D eigenvalue weighted by atomic mass is 16.6. The Morgan fingerprint density at radius 3 is 1.42 bits per heavy atom. The van der Waals surface area contributed by atoms with Crippen LogP contribution in [0.3, 0.4) is 0 Å². The first-order chi connectivity index (χ1) is 12.4. The molecule has 0 radical (unpaired) electrons. The van der Waals surface area contributed by atoms with Crippen molar-refractivity contribution in [2.75, 3.05) is 0 Å². The van der Waals surface area contributed by atoms with Crippen LogP contribution in [-0.2, 0) is 19.1 Å². The Morgan fingerprint density at radius 1 is 0.769 bits per heavy atom. The van der Waals surface area contributed by atoms with Crippen LogP contribution in [0.1, 0.15) is 91.9 Å². The maximum absolute atomic E-state index is 12.2. The van der Waals surface area contributed by atoms with Crippen molar-refractivity contribution in [1.82, 2.24) is 0 Å². The van der Waals surface area contributed by atoms with Gasteiger partial charge in [0.25, 0.3) is 0 Å². The van der Waals surface area contributed by atoms with Gasteiger partial charge in [-0.3, -0.25) is 0 Å². The normalized spacial score (nSPS) is 26.9. The number of rotatable bonds is 8. The van der Waals surface area contributed by atoms with E-state index >= 15 is 0 Å². The Balaban J connectivity index is 1.89. The van der Waals surface area contributed by atoms with Crippen LogP contribution in [0.4, 0.5) is 0 Å². The number of carbonyl (C=O) groups is 2. The third kappa shape index (κ3) is 4.32. The van der Waals surface area contributed by atoms with Crippen LogP contribution in [0.5, 0.6) is 0 Å². The third-order valence-electron chi connectivity index (χ3n) is 7.34. The third-order valence-corrected chi connectivity index (χ3v) is 7.34. The summed E-state index contributed by atoms with van der Waals surface area (Å²) >= 11 is 0. The highest BCUT2D eigenvalue weighted by Gasteiger charge is 2.43. The SMILES string of the molecule is CCC1(CC)CCCC1OC(=O)/C=C\C(=O)OC1CCCC1(CC)CC. The van der Waals surface area contributed by atoms with Gasteiger partial charge in [-0.1, -0.05) is 27.7 Å². The molecule has 2 saturated carbocycles. The highest BCUT2D eigenvalue weighted by molar-refractivity contribution is 5.91. The van der Waals surface area contributed by atoms with Crippen LogP contribution >= 0.6 is 0 Å². The van der Waals surface area contributed by atoms with Crippen molar-refractivity contribution >= 4 is 11.9 Å². The summed E-state index contributed by atoms with van der Waals surface area (Å²) in [5.41, 5.74) is 0.214. The molecular formula is C22H36O4. The second-order valence-electron chi connectivity index (χ2n) is 8.11. The molecule has 0 bridgehead atoms. The molecule has 0 aromatic carbocycles. The minimum atomic E-state index is -0.427. The Hall–Kier alpha value is -1.32. The van der Waals surface area contributed by atoms with Crippen molar-refractivity contribution in [2.24, 2.45) is 10.8 Å². The molecule has 2 unspecified atom stereocenters. The van der Waals surface area contributed by atoms with Crippen LogP contribution in [0.25, 0.3) is 0 Å². The molecule has 2 aliphatic rings. The first-order valence-corrected chi connectivity index (χ1v) is 10.5. The van der Waals surface area contributed by atoms with E-state index in [1.54, 1.807) is 0 Å². The molecule has 0 aromatic heterocycles. The van der Waals surface area contributed by atoms with Gasteiger partial charge in [-0.05, 0) is 64.2 Å². The maximum atomic E-state index is 12.2. The topological polar surface area (TPSA) is 52.6 Å². The summed E-state index contributed by atoms with van der Waals surface area (Å²) in [7, 11) is 0. The molecular weight excluding hydrogens is 328 g/mol. The van der Waals surface area contributed by atoms with E-state index in [1.165, 1.54) is 12.2 Å². The molecule has 26 heavy (non-hydrogen) atoms. The summed E-state index contributed by atoms with van der Waals surface area (Å²) in [5, 5.41) is 0. The lowest BCUT2D eigenvalue weighted by Crippen LogP contribution is -2.33. The van der Waals surface area contributed by atoms with Crippen molar-refractivity contribution in [3.05, 3.63) is 12.2 Å². The van der Waals surface area contributed by atoms with Crippen molar-refractivity contribution in [1.29, 1.82) is 0 Å². The summed E-state index contributed by atoms with van der Waals surface area (Å²) in [6.45, 7) is 8.66. The zero-order valence-corrected chi connectivity index (χ0v) is 17.0. The summed E-state index contributed by atoms with van der Waals surface area (Å²) in [4.78, 5) is 24.4. The molecule has 0 spiro atoms. The Morgan fingerprint density at radius 2 is 1.12 bits per heavy atom. The number of hydrogen-bond acceptors (Lipinski definition) is 4. The van der Waals surface area contributed by atoms with Gasteiger partial charge in [-0.15, -0.1) is 0 Å². The van der Waals surface area contributed by atoms with E-state index in [9.17, 15) is 9.59 Å². The number of ether oxygens (including phenoxy) is 2. The standard InChI is InChI=1S/C22H36O4/c1-5-21(6-2)15-9-11-17(21)25-19(23)13-14-20(24)26-18-12-10-16-22(18,7-3)8-4/h13-14,17-18H,5-12,15-16H2,1-4H3/b14-13-. The maximum Gasteiger partial charge on any atom is 0.331 e. The van der Waals surface area contributed by atoms with Gasteiger partial charge in [0.05, 0.1) is 0 Å². The quantitative estimate of drug-likeness (QED) is 0.430. The highest BCUT2D eigenvalue weighted by Crippen LogP contribution is 2.46. The molecule has 0 N–H and O–H groups in total. The minimum Gasteiger partial charge on any atom is -0.459 e. The number of esters is 2. The summed E-state index contributed by atoms with van der Waals surface area (Å²) in [5.74, 6) is -0.854. The van der Waals surface area contributed by atoms with Crippen molar-refractivity contribution in [2.45, 2.75) is 104 Å². The van der Waals surface area contributed by atoms with E-state index in [2.05, 4.69) is 27.7 Å². The summed E-state index contributed by atoms with van der Waals surface area (Å²) in [6.07, 6.45) is 12.8. The number of hydrogen-bond donors (Lipinski definition) is 0. The number of carbonyl (C=O) groups excluding carboxylic acids is 2. The van der Waals surface area contributed by atoms with Gasteiger partial charge in [0.2, 0.25) is 0 Å². The Bertz CT molecular complexity index is 468. The second-order valence-corrected chi connectivity index (χ2v) is 8.11. The minimum absolute atomic E-state index is 0.0339. The predicted molar refractivity (Wildman–Crippen MR) is 103 cm³/mol. The lowest BCUT2D eigenvalue weighted by Gasteiger charge is -2.33. The lowest BCUT2D eigenvalue weighted by molar-refractivity contribution is -0.151. The molecule has 2 fully saturated rings. The van der Waals surface area contributed by atoms with Crippen molar-refractivity contribution in [3.8, 4) is 0 Å². The van der Waals surface area contributed by atoms with Gasteiger partial charge in [0, 0.05) is 23.0 Å². The fourth-order valence-corrected chi connectivity index (χ4v) is 5.19. The first-order valence-electron chi connectivity index (χ1n) is 10.5. The molecule has 2 rings (SSSR count). The predicted octanol–water partition coefficient (Wildman–Crippen LogP) is 5.35. The monoisotopic (exact) mass is 364 g/mol. The van der Waals surface area contributed by atoms with Crippen molar-refractivity contribution in [3.63, 3.8) is 0 Å². The molecule has 0 heterocycles. The fourth-order valence-electron chi connectivity index (χ4n) is 5.19. The second kappa shape index (κ2) is 9.05. The molecule has 0 aromatic rings. The van der Waals surface area contributed by atoms with Crippen LogP contribution in [-0.4, -0.2) is 24.1 Å². The van der Waals surface area contributed by atoms with Gasteiger partial charge in [-0.2, -0.15) is 0 Å². The summed E-state index contributed by atoms with van der Waals surface area (Å²) in [6, 6.07) is 0. The van der Waals surface area contributed by atoms with Gasteiger partial charge >= 0.3 is 11.9 Å². The smallest absolute Gasteiger partial charge is 0.331 e. The summed E-state index contributed by atoms with van der Waals surface area (Å²) < 4.78 is 11.4. The van der Waals surface area contributed by atoms with Gasteiger partial charge < -0.3 is 9.47 Å². The van der Waals surface area contributed by atoms with Gasteiger partial charge in [-0.25, -0.2) is 9.59 Å². The van der Waals surface area contributed by atoms with Crippen LogP contribution in [0.15, 0.2) is 12.2 Å². The van der Waals surface area contributed by atoms with E-state index in [0.717, 1.165) is 64.2 Å². The van der Waals surface area contributed by atoms with E-state index in [-0.39, 0.29) is 23.0 Å². The lowest BCUT2D eigenvalue weighted by atomic mass is 9.79. The van der Waals surface area contributed by atoms with E-state index in [0.29, 0.717) is 0 Å².